The van der Waals surface area contributed by atoms with Gasteiger partial charge in [0.2, 0.25) is 0 Å². The number of nitrogens with two attached hydrogens (primary N) is 2. The van der Waals surface area contributed by atoms with Gasteiger partial charge in [-0.05, 0) is 36.9 Å². The van der Waals surface area contributed by atoms with Gasteiger partial charge in [-0.25, -0.2) is 14.4 Å². The Morgan fingerprint density at radius 3 is 2.68 bits per heavy atom. The first kappa shape index (κ1) is 20.0. The van der Waals surface area contributed by atoms with Crippen molar-refractivity contribution in [3.63, 3.8) is 0 Å². The summed E-state index contributed by atoms with van der Waals surface area (Å²) in [7, 11) is 0. The number of halogens is 2. The Kier molecular flexibility index (Phi) is 5.49. The molecule has 9 heteroatoms. The van der Waals surface area contributed by atoms with E-state index in [1.807, 2.05) is 11.0 Å². The van der Waals surface area contributed by atoms with E-state index in [9.17, 15) is 9.65 Å². The van der Waals surface area contributed by atoms with Crippen LogP contribution < -0.4 is 16.4 Å². The molecule has 0 saturated carbocycles. The van der Waals surface area contributed by atoms with Crippen LogP contribution in [0.4, 0.5) is 16.0 Å². The van der Waals surface area contributed by atoms with E-state index in [-0.39, 0.29) is 38.9 Å². The number of nitrogens with zero attached hydrogens (tertiary/aromatic N) is 4. The van der Waals surface area contributed by atoms with Crippen LogP contribution in [0.1, 0.15) is 36.7 Å². The minimum absolute atomic E-state index is 0.0365. The van der Waals surface area contributed by atoms with E-state index in [0.29, 0.717) is 25.5 Å². The average molecular weight is 402 g/mol. The summed E-state index contributed by atoms with van der Waals surface area (Å²) < 4.78 is 14.3. The maximum atomic E-state index is 14.3. The van der Waals surface area contributed by atoms with Crippen LogP contribution >= 0.6 is 11.6 Å². The van der Waals surface area contributed by atoms with E-state index in [1.54, 1.807) is 0 Å². The maximum Gasteiger partial charge on any atom is 0.184 e. The van der Waals surface area contributed by atoms with Crippen molar-refractivity contribution in [1.82, 2.24) is 9.97 Å². The molecule has 1 aliphatic rings. The number of hydrogen-bond donors (Lipinski definition) is 3. The first-order valence-electron chi connectivity index (χ1n) is 8.85. The summed E-state index contributed by atoms with van der Waals surface area (Å²) in [6, 6.07) is 6.34. The number of anilines is 2. The van der Waals surface area contributed by atoms with Crippen LogP contribution in [0.2, 0.25) is 5.02 Å². The van der Waals surface area contributed by atoms with Crippen LogP contribution in [0.15, 0.2) is 18.2 Å². The summed E-state index contributed by atoms with van der Waals surface area (Å²) in [5, 5.41) is 17.7. The molecule has 0 unspecified atom stereocenters. The second kappa shape index (κ2) is 7.70. The molecule has 7 nitrogen and oxygen atoms in total. The molecule has 0 radical (unpaired) electrons. The third-order valence-corrected chi connectivity index (χ3v) is 5.52. The average Bonchev–Trinajstić information content (AvgIpc) is 2.70. The Morgan fingerprint density at radius 2 is 2.07 bits per heavy atom. The molecule has 1 aromatic carbocycles. The van der Waals surface area contributed by atoms with Gasteiger partial charge in [-0.1, -0.05) is 24.6 Å². The van der Waals surface area contributed by atoms with Gasteiger partial charge >= 0.3 is 0 Å². The lowest BCUT2D eigenvalue weighted by Gasteiger charge is -2.39. The van der Waals surface area contributed by atoms with Crippen LogP contribution in [0, 0.1) is 28.0 Å². The first-order valence-corrected chi connectivity index (χ1v) is 9.23. The van der Waals surface area contributed by atoms with E-state index in [2.05, 4.69) is 16.9 Å². The molecule has 0 atom stereocenters. The fourth-order valence-corrected chi connectivity index (χ4v) is 3.38. The van der Waals surface area contributed by atoms with Crippen LogP contribution in [-0.4, -0.2) is 35.3 Å². The topological polar surface area (TPSA) is 129 Å². The van der Waals surface area contributed by atoms with Gasteiger partial charge in [-0.15, -0.1) is 0 Å². The second-order valence-corrected chi connectivity index (χ2v) is 7.63. The van der Waals surface area contributed by atoms with Crippen molar-refractivity contribution in [2.75, 3.05) is 30.3 Å². The van der Waals surface area contributed by atoms with Gasteiger partial charge in [0.15, 0.2) is 23.1 Å². The molecule has 1 aromatic heterocycles. The van der Waals surface area contributed by atoms with Crippen LogP contribution in [-0.2, 0) is 0 Å². The van der Waals surface area contributed by atoms with Gasteiger partial charge in [-0.2, -0.15) is 5.26 Å². The fraction of sp³-hybridized carbons (Fsp3) is 0.368. The normalized spacial score (nSPS) is 15.9. The number of nitriles is 1. The lowest BCUT2D eigenvalue weighted by atomic mass is 9.80. The molecule has 2 heterocycles. The molecule has 0 aliphatic carbocycles. The SMILES string of the molecule is CC1(CN)CCN(c2nc(N)c(C(=N)c3cccc(Cl)c3F)nc2C#N)CC1. The molecule has 2 aromatic rings. The smallest absolute Gasteiger partial charge is 0.184 e. The maximum absolute atomic E-state index is 14.3. The Morgan fingerprint density at radius 1 is 1.39 bits per heavy atom. The summed E-state index contributed by atoms with van der Waals surface area (Å²) in [4.78, 5) is 10.5. The molecule has 1 aliphatic heterocycles. The van der Waals surface area contributed by atoms with Gasteiger partial charge < -0.3 is 16.4 Å². The van der Waals surface area contributed by atoms with E-state index in [4.69, 9.17) is 28.5 Å². The minimum atomic E-state index is -0.741. The van der Waals surface area contributed by atoms with Crippen molar-refractivity contribution in [1.29, 1.82) is 10.7 Å². The number of nitrogens with one attached hydrogen (secondary N) is 1. The molecule has 3 rings (SSSR count). The summed E-state index contributed by atoms with van der Waals surface area (Å²) in [6.07, 6.45) is 1.72. The largest absolute Gasteiger partial charge is 0.382 e. The molecule has 0 spiro atoms. The summed E-state index contributed by atoms with van der Waals surface area (Å²) >= 11 is 5.80. The monoisotopic (exact) mass is 401 g/mol. The standard InChI is InChI=1S/C19H21ClFN7/c1-19(10-23)5-7-28(8-6-19)18-13(9-22)26-16(17(25)27-18)15(24)11-3-2-4-12(20)14(11)21/h2-4,24H,5-8,10,23H2,1H3,(H2,25,27). The zero-order valence-electron chi connectivity index (χ0n) is 15.5. The summed E-state index contributed by atoms with van der Waals surface area (Å²) in [5.74, 6) is -0.400. The molecular weight excluding hydrogens is 381 g/mol. The van der Waals surface area contributed by atoms with Crippen molar-refractivity contribution >= 4 is 28.9 Å². The molecule has 1 fully saturated rings. The molecule has 0 bridgehead atoms. The summed E-state index contributed by atoms with van der Waals surface area (Å²) in [6.45, 7) is 4.09. The highest BCUT2D eigenvalue weighted by molar-refractivity contribution is 6.31. The predicted octanol–water partition coefficient (Wildman–Crippen LogP) is 2.70. The molecule has 5 N–H and O–H groups in total. The Balaban J connectivity index is 1.96. The first-order chi connectivity index (χ1) is 13.3. The van der Waals surface area contributed by atoms with Gasteiger partial charge in [0.25, 0.3) is 0 Å². The quantitative estimate of drug-likeness (QED) is 0.675. The van der Waals surface area contributed by atoms with Crippen molar-refractivity contribution in [2.45, 2.75) is 19.8 Å². The van der Waals surface area contributed by atoms with Crippen LogP contribution in [0.5, 0.6) is 0 Å². The third-order valence-electron chi connectivity index (χ3n) is 5.23. The highest BCUT2D eigenvalue weighted by atomic mass is 35.5. The van der Waals surface area contributed by atoms with E-state index >= 15 is 0 Å². The lowest BCUT2D eigenvalue weighted by Crippen LogP contribution is -2.43. The minimum Gasteiger partial charge on any atom is -0.382 e. The Bertz CT molecular complexity index is 961. The molecule has 0 amide bonds. The van der Waals surface area contributed by atoms with E-state index in [0.717, 1.165) is 12.8 Å². The van der Waals surface area contributed by atoms with Gasteiger partial charge in [0.05, 0.1) is 10.7 Å². The van der Waals surface area contributed by atoms with Crippen LogP contribution in [0.25, 0.3) is 0 Å². The van der Waals surface area contributed by atoms with Gasteiger partial charge in [-0.3, -0.25) is 5.41 Å². The van der Waals surface area contributed by atoms with Crippen molar-refractivity contribution in [2.24, 2.45) is 11.1 Å². The molecule has 146 valence electrons. The molecule has 1 saturated heterocycles. The highest BCUT2D eigenvalue weighted by Crippen LogP contribution is 2.33. The fourth-order valence-electron chi connectivity index (χ4n) is 3.21. The van der Waals surface area contributed by atoms with Crippen molar-refractivity contribution in [3.8, 4) is 6.07 Å². The zero-order chi connectivity index (χ0) is 20.5. The highest BCUT2D eigenvalue weighted by Gasteiger charge is 2.31. The van der Waals surface area contributed by atoms with E-state index < -0.39 is 5.82 Å². The van der Waals surface area contributed by atoms with Crippen molar-refractivity contribution < 1.29 is 4.39 Å². The van der Waals surface area contributed by atoms with Crippen molar-refractivity contribution in [3.05, 3.63) is 46.0 Å². The number of benzene rings is 1. The Labute approximate surface area is 167 Å². The number of hydrogen-bond acceptors (Lipinski definition) is 7. The lowest BCUT2D eigenvalue weighted by molar-refractivity contribution is 0.258. The number of rotatable bonds is 4. The van der Waals surface area contributed by atoms with Gasteiger partial charge in [0, 0.05) is 18.7 Å². The third kappa shape index (κ3) is 3.63. The number of piperidine rings is 1. The number of aromatic nitrogens is 2. The number of nitrogen functional groups attached to an aromatic ring is 1. The summed E-state index contributed by atoms with van der Waals surface area (Å²) in [5.41, 5.74) is 11.6. The van der Waals surface area contributed by atoms with Crippen LogP contribution in [0.3, 0.4) is 0 Å². The second-order valence-electron chi connectivity index (χ2n) is 7.22. The zero-order valence-corrected chi connectivity index (χ0v) is 16.2. The predicted molar refractivity (Wildman–Crippen MR) is 107 cm³/mol. The van der Waals surface area contributed by atoms with Gasteiger partial charge in [0.1, 0.15) is 11.8 Å². The Hall–Kier alpha value is -2.76. The molecule has 28 heavy (non-hydrogen) atoms. The molecular formula is C19H21ClFN7. The van der Waals surface area contributed by atoms with E-state index in [1.165, 1.54) is 18.2 Å².